The van der Waals surface area contributed by atoms with E-state index in [1.165, 1.54) is 30.6 Å². The van der Waals surface area contributed by atoms with Crippen LogP contribution in [0.25, 0.3) is 9.75 Å². The van der Waals surface area contributed by atoms with Crippen molar-refractivity contribution in [1.82, 2.24) is 0 Å². The van der Waals surface area contributed by atoms with Crippen LogP contribution in [0.4, 0.5) is 0 Å². The second-order valence-electron chi connectivity index (χ2n) is 5.39. The Morgan fingerprint density at radius 1 is 0.909 bits per heavy atom. The largest absolute Gasteiger partial charge is 0.453 e. The molecule has 0 spiro atoms. The molecule has 2 aliphatic rings. The number of hydrogen-bond acceptors (Lipinski definition) is 6. The Kier molecular flexibility index (Phi) is 3.88. The molecule has 0 unspecified atom stereocenters. The summed E-state index contributed by atoms with van der Waals surface area (Å²) in [5.41, 5.74) is 0. The molecule has 22 heavy (non-hydrogen) atoms. The standard InChI is InChI=1S/C16H18O4S2/c1-2-3-4-5-6-11-13-14(20-9-19-13)16(22-11)15-12-10(7-21-15)17-8-18-12/h7H,2-6,8-9H2,1H3. The zero-order valence-electron chi connectivity index (χ0n) is 12.5. The number of rotatable bonds is 6. The fourth-order valence-corrected chi connectivity index (χ4v) is 5.08. The maximum absolute atomic E-state index is 5.72. The van der Waals surface area contributed by atoms with Gasteiger partial charge in [0.2, 0.25) is 13.6 Å². The predicted octanol–water partition coefficient (Wildman–Crippen LogP) is 5.06. The van der Waals surface area contributed by atoms with Crippen LogP contribution in [0.1, 0.15) is 37.5 Å². The van der Waals surface area contributed by atoms with Crippen molar-refractivity contribution in [3.63, 3.8) is 0 Å². The summed E-state index contributed by atoms with van der Waals surface area (Å²) in [5, 5.41) is 2.00. The van der Waals surface area contributed by atoms with Gasteiger partial charge in [-0.1, -0.05) is 26.2 Å². The summed E-state index contributed by atoms with van der Waals surface area (Å²) in [6.45, 7) is 2.86. The number of fused-ring (bicyclic) bond motifs is 2. The normalized spacial score (nSPS) is 14.8. The quantitative estimate of drug-likeness (QED) is 0.690. The fraction of sp³-hybridized carbons (Fsp3) is 0.500. The van der Waals surface area contributed by atoms with E-state index in [2.05, 4.69) is 6.92 Å². The lowest BCUT2D eigenvalue weighted by atomic mass is 10.1. The minimum Gasteiger partial charge on any atom is -0.453 e. The summed E-state index contributed by atoms with van der Waals surface area (Å²) in [5.74, 6) is 3.51. The second kappa shape index (κ2) is 6.01. The molecule has 4 rings (SSSR count). The van der Waals surface area contributed by atoms with Crippen molar-refractivity contribution in [2.45, 2.75) is 39.0 Å². The van der Waals surface area contributed by atoms with Gasteiger partial charge in [-0.3, -0.25) is 0 Å². The van der Waals surface area contributed by atoms with E-state index in [4.69, 9.17) is 18.9 Å². The van der Waals surface area contributed by atoms with Gasteiger partial charge in [0.1, 0.15) is 0 Å². The SMILES string of the molecule is CCCCCCc1sc(-c2scc3c2OCO3)c2c1OCO2. The number of ether oxygens (including phenoxy) is 4. The Hall–Kier alpha value is -1.40. The van der Waals surface area contributed by atoms with E-state index in [-0.39, 0.29) is 0 Å². The topological polar surface area (TPSA) is 36.9 Å². The first-order valence-corrected chi connectivity index (χ1v) is 9.36. The molecule has 0 atom stereocenters. The van der Waals surface area contributed by atoms with Crippen LogP contribution in [0.15, 0.2) is 5.38 Å². The number of hydrogen-bond donors (Lipinski definition) is 0. The molecule has 2 aromatic heterocycles. The molecule has 2 aromatic rings. The Bertz CT molecular complexity index is 674. The van der Waals surface area contributed by atoms with Crippen LogP contribution in [0.2, 0.25) is 0 Å². The van der Waals surface area contributed by atoms with E-state index in [1.807, 2.05) is 5.38 Å². The first-order valence-electron chi connectivity index (χ1n) is 7.67. The lowest BCUT2D eigenvalue weighted by Crippen LogP contribution is -1.96. The molecule has 0 bridgehead atoms. The first kappa shape index (κ1) is 14.2. The van der Waals surface area contributed by atoms with Gasteiger partial charge in [0.05, 0.1) is 14.6 Å². The van der Waals surface area contributed by atoms with Gasteiger partial charge in [-0.2, -0.15) is 0 Å². The molecular weight excluding hydrogens is 320 g/mol. The summed E-state index contributed by atoms with van der Waals surface area (Å²) < 4.78 is 22.5. The van der Waals surface area contributed by atoms with Gasteiger partial charge >= 0.3 is 0 Å². The summed E-state index contributed by atoms with van der Waals surface area (Å²) >= 11 is 3.41. The van der Waals surface area contributed by atoms with Gasteiger partial charge in [0.15, 0.2) is 23.0 Å². The molecule has 6 heteroatoms. The van der Waals surface area contributed by atoms with Gasteiger partial charge < -0.3 is 18.9 Å². The van der Waals surface area contributed by atoms with Crippen LogP contribution in [-0.4, -0.2) is 13.6 Å². The van der Waals surface area contributed by atoms with Crippen LogP contribution in [0.5, 0.6) is 23.0 Å². The zero-order chi connectivity index (χ0) is 14.9. The summed E-state index contributed by atoms with van der Waals surface area (Å²) in [7, 11) is 0. The lowest BCUT2D eigenvalue weighted by molar-refractivity contribution is 0.172. The van der Waals surface area contributed by atoms with E-state index in [0.717, 1.165) is 39.2 Å². The summed E-state index contributed by atoms with van der Waals surface area (Å²) in [6, 6.07) is 0. The number of aryl methyl sites for hydroxylation is 1. The minimum absolute atomic E-state index is 0.306. The highest BCUT2D eigenvalue weighted by Gasteiger charge is 2.31. The molecule has 118 valence electrons. The highest BCUT2D eigenvalue weighted by molar-refractivity contribution is 7.22. The monoisotopic (exact) mass is 338 g/mol. The van der Waals surface area contributed by atoms with Crippen LogP contribution in [0.3, 0.4) is 0 Å². The molecule has 0 amide bonds. The first-order chi connectivity index (χ1) is 10.9. The predicted molar refractivity (Wildman–Crippen MR) is 87.7 cm³/mol. The van der Waals surface area contributed by atoms with Crippen molar-refractivity contribution in [1.29, 1.82) is 0 Å². The maximum Gasteiger partial charge on any atom is 0.231 e. The third-order valence-electron chi connectivity index (χ3n) is 3.89. The Morgan fingerprint density at radius 2 is 1.73 bits per heavy atom. The molecule has 4 heterocycles. The third-order valence-corrected chi connectivity index (χ3v) is 6.21. The molecule has 0 saturated carbocycles. The van der Waals surface area contributed by atoms with Crippen molar-refractivity contribution in [2.24, 2.45) is 0 Å². The molecule has 0 saturated heterocycles. The number of unbranched alkanes of at least 4 members (excludes halogenated alkanes) is 3. The minimum atomic E-state index is 0.306. The Balaban J connectivity index is 1.63. The molecular formula is C16H18O4S2. The van der Waals surface area contributed by atoms with Crippen molar-refractivity contribution < 1.29 is 18.9 Å². The van der Waals surface area contributed by atoms with Crippen LogP contribution in [0, 0.1) is 0 Å². The lowest BCUT2D eigenvalue weighted by Gasteiger charge is -2.01. The van der Waals surface area contributed by atoms with Crippen LogP contribution in [-0.2, 0) is 6.42 Å². The third kappa shape index (κ3) is 2.34. The van der Waals surface area contributed by atoms with Gasteiger partial charge in [-0.15, -0.1) is 22.7 Å². The fourth-order valence-electron chi connectivity index (χ4n) is 2.77. The van der Waals surface area contributed by atoms with E-state index >= 15 is 0 Å². The maximum atomic E-state index is 5.72. The molecule has 0 N–H and O–H groups in total. The highest BCUT2D eigenvalue weighted by atomic mass is 32.1. The summed E-state index contributed by atoms with van der Waals surface area (Å²) in [6.07, 6.45) is 6.07. The highest BCUT2D eigenvalue weighted by Crippen LogP contribution is 2.57. The molecule has 2 aliphatic heterocycles. The molecule has 4 nitrogen and oxygen atoms in total. The second-order valence-corrected chi connectivity index (χ2v) is 7.38. The van der Waals surface area contributed by atoms with E-state index in [9.17, 15) is 0 Å². The van der Waals surface area contributed by atoms with E-state index in [0.29, 0.717) is 13.6 Å². The Morgan fingerprint density at radius 3 is 2.64 bits per heavy atom. The zero-order valence-corrected chi connectivity index (χ0v) is 14.1. The van der Waals surface area contributed by atoms with Gasteiger partial charge in [0, 0.05) is 5.38 Å². The summed E-state index contributed by atoms with van der Waals surface area (Å²) in [4.78, 5) is 3.51. The van der Waals surface area contributed by atoms with Crippen LogP contribution < -0.4 is 18.9 Å². The molecule has 0 aromatic carbocycles. The van der Waals surface area contributed by atoms with Gasteiger partial charge in [0.25, 0.3) is 0 Å². The van der Waals surface area contributed by atoms with E-state index in [1.54, 1.807) is 22.7 Å². The molecule has 0 aliphatic carbocycles. The van der Waals surface area contributed by atoms with Gasteiger partial charge in [-0.05, 0) is 12.8 Å². The van der Waals surface area contributed by atoms with Crippen molar-refractivity contribution in [2.75, 3.05) is 13.6 Å². The molecule has 0 fully saturated rings. The average molecular weight is 338 g/mol. The van der Waals surface area contributed by atoms with Crippen molar-refractivity contribution in [3.8, 4) is 32.8 Å². The molecule has 0 radical (unpaired) electrons. The van der Waals surface area contributed by atoms with Crippen molar-refractivity contribution >= 4 is 22.7 Å². The number of thiophene rings is 2. The Labute approximate surface area is 137 Å². The van der Waals surface area contributed by atoms with Crippen LogP contribution >= 0.6 is 22.7 Å². The smallest absolute Gasteiger partial charge is 0.231 e. The van der Waals surface area contributed by atoms with E-state index < -0.39 is 0 Å². The average Bonchev–Trinajstić information content (AvgIpc) is 3.25. The van der Waals surface area contributed by atoms with Crippen molar-refractivity contribution in [3.05, 3.63) is 10.3 Å². The van der Waals surface area contributed by atoms with Gasteiger partial charge in [-0.25, -0.2) is 0 Å².